The van der Waals surface area contributed by atoms with Crippen molar-refractivity contribution < 1.29 is 25.2 Å². The van der Waals surface area contributed by atoms with Gasteiger partial charge in [0.25, 0.3) is 0 Å². The van der Waals surface area contributed by atoms with Crippen molar-refractivity contribution >= 4 is 12.0 Å². The Balaban J connectivity index is 2.74. The zero-order chi connectivity index (χ0) is 16.7. The van der Waals surface area contributed by atoms with Crippen molar-refractivity contribution in [2.75, 3.05) is 0 Å². The molecule has 0 spiro atoms. The number of carboxylic acids is 1. The minimum absolute atomic E-state index is 0.0926. The fourth-order valence-electron chi connectivity index (χ4n) is 1.93. The van der Waals surface area contributed by atoms with E-state index in [1.807, 2.05) is 0 Å². The summed E-state index contributed by atoms with van der Waals surface area (Å²) >= 11 is 0. The summed E-state index contributed by atoms with van der Waals surface area (Å²) in [5, 5.41) is 37.6. The van der Waals surface area contributed by atoms with E-state index < -0.39 is 24.3 Å². The van der Waals surface area contributed by atoms with Crippen molar-refractivity contribution in [1.29, 1.82) is 0 Å². The Labute approximate surface area is 129 Å². The molecule has 4 N–H and O–H groups in total. The second kappa shape index (κ2) is 8.48. The number of benzene rings is 1. The van der Waals surface area contributed by atoms with Gasteiger partial charge < -0.3 is 20.4 Å². The lowest BCUT2D eigenvalue weighted by molar-refractivity contribution is 0.0140. The van der Waals surface area contributed by atoms with Crippen LogP contribution in [0, 0.1) is 0 Å². The highest BCUT2D eigenvalue weighted by Crippen LogP contribution is 2.11. The molecule has 0 aliphatic carbocycles. The normalized spacial score (nSPS) is 16.5. The summed E-state index contributed by atoms with van der Waals surface area (Å²) in [7, 11) is 0. The lowest BCUT2D eigenvalue weighted by Gasteiger charge is -2.16. The van der Waals surface area contributed by atoms with Crippen LogP contribution in [0.5, 0.6) is 0 Å². The number of carbonyl (C=O) groups is 1. The maximum Gasteiger partial charge on any atom is 0.335 e. The molecule has 0 aliphatic rings. The number of carboxylic acid groups (broad SMARTS) is 1. The molecule has 0 aliphatic heterocycles. The number of hydrogen-bond donors (Lipinski definition) is 4. The Hall–Kier alpha value is -1.95. The highest BCUT2D eigenvalue weighted by molar-refractivity contribution is 5.88. The smallest absolute Gasteiger partial charge is 0.335 e. The van der Waals surface area contributed by atoms with Crippen LogP contribution in [0.15, 0.2) is 42.0 Å². The molecular weight excluding hydrogens is 284 g/mol. The van der Waals surface area contributed by atoms with Crippen LogP contribution in [0.1, 0.15) is 36.2 Å². The number of aliphatic hydroxyl groups excluding tert-OH is 3. The summed E-state index contributed by atoms with van der Waals surface area (Å²) in [5.41, 5.74) is 1.65. The van der Waals surface area contributed by atoms with Crippen LogP contribution < -0.4 is 0 Å². The highest BCUT2D eigenvalue weighted by Gasteiger charge is 2.15. The van der Waals surface area contributed by atoms with Crippen molar-refractivity contribution in [3.05, 3.63) is 53.1 Å². The molecule has 1 aromatic rings. The standard InChI is InChI=1S/C17H22O5/c1-11(8-15(19)16(20)9-12(2)18)6-7-13-4-3-5-14(10-13)17(21)22/h3-8,10,12,15-16,18-20H,9H2,1-2H3,(H,21,22)/b7-6+,11-8+. The molecule has 120 valence electrons. The number of aromatic carboxylic acids is 1. The fraction of sp³-hybridized carbons (Fsp3) is 0.353. The minimum atomic E-state index is -1.07. The van der Waals surface area contributed by atoms with Gasteiger partial charge in [-0.1, -0.05) is 35.9 Å². The topological polar surface area (TPSA) is 98.0 Å². The van der Waals surface area contributed by atoms with E-state index in [2.05, 4.69) is 0 Å². The molecule has 3 atom stereocenters. The van der Waals surface area contributed by atoms with Crippen molar-refractivity contribution in [1.82, 2.24) is 0 Å². The van der Waals surface area contributed by atoms with Crippen LogP contribution in [0.25, 0.3) is 6.08 Å². The Kier molecular flexibility index (Phi) is 6.98. The molecule has 5 heteroatoms. The van der Waals surface area contributed by atoms with E-state index in [1.54, 1.807) is 44.2 Å². The molecule has 1 rings (SSSR count). The summed E-state index contributed by atoms with van der Waals surface area (Å²) in [4.78, 5) is 10.9. The average molecular weight is 306 g/mol. The number of allylic oxidation sites excluding steroid dienone is 2. The zero-order valence-electron chi connectivity index (χ0n) is 12.7. The van der Waals surface area contributed by atoms with Gasteiger partial charge in [-0.25, -0.2) is 4.79 Å². The first-order valence-electron chi connectivity index (χ1n) is 7.03. The molecule has 1 aromatic carbocycles. The van der Waals surface area contributed by atoms with Gasteiger partial charge in [0.2, 0.25) is 0 Å². The van der Waals surface area contributed by atoms with E-state index in [9.17, 15) is 20.1 Å². The van der Waals surface area contributed by atoms with Crippen LogP contribution in [0.4, 0.5) is 0 Å². The first-order chi connectivity index (χ1) is 10.3. The lowest BCUT2D eigenvalue weighted by atomic mass is 10.0. The molecule has 0 saturated carbocycles. The third kappa shape index (κ3) is 6.22. The molecule has 22 heavy (non-hydrogen) atoms. The summed E-state index contributed by atoms with van der Waals surface area (Å²) in [6.45, 7) is 3.30. The van der Waals surface area contributed by atoms with Gasteiger partial charge in [0.1, 0.15) is 0 Å². The first kappa shape index (κ1) is 18.1. The van der Waals surface area contributed by atoms with E-state index >= 15 is 0 Å². The van der Waals surface area contributed by atoms with E-state index in [-0.39, 0.29) is 12.0 Å². The molecular formula is C17H22O5. The number of hydrogen-bond acceptors (Lipinski definition) is 4. The van der Waals surface area contributed by atoms with Crippen LogP contribution in [0.2, 0.25) is 0 Å². The molecule has 0 radical (unpaired) electrons. The lowest BCUT2D eigenvalue weighted by Crippen LogP contribution is -2.27. The molecule has 0 fully saturated rings. The van der Waals surface area contributed by atoms with Gasteiger partial charge in [-0.2, -0.15) is 0 Å². The van der Waals surface area contributed by atoms with Crippen molar-refractivity contribution in [2.24, 2.45) is 0 Å². The van der Waals surface area contributed by atoms with Crippen LogP contribution in [-0.2, 0) is 0 Å². The highest BCUT2D eigenvalue weighted by atomic mass is 16.4. The van der Waals surface area contributed by atoms with Crippen molar-refractivity contribution in [3.8, 4) is 0 Å². The van der Waals surface area contributed by atoms with Crippen LogP contribution >= 0.6 is 0 Å². The van der Waals surface area contributed by atoms with Gasteiger partial charge in [-0.05, 0) is 31.5 Å². The maximum absolute atomic E-state index is 10.9. The Morgan fingerprint density at radius 1 is 1.27 bits per heavy atom. The SMILES string of the molecule is CC(/C=C/c1cccc(C(=O)O)c1)=C\C(O)C(O)CC(C)O. The second-order valence-electron chi connectivity index (χ2n) is 5.32. The molecule has 0 aromatic heterocycles. The van der Waals surface area contributed by atoms with Gasteiger partial charge in [0.05, 0.1) is 23.9 Å². The molecule has 5 nitrogen and oxygen atoms in total. The first-order valence-corrected chi connectivity index (χ1v) is 7.03. The molecule has 0 heterocycles. The van der Waals surface area contributed by atoms with E-state index in [0.29, 0.717) is 0 Å². The van der Waals surface area contributed by atoms with Crippen molar-refractivity contribution in [3.63, 3.8) is 0 Å². The summed E-state index contributed by atoms with van der Waals surface area (Å²) in [6, 6.07) is 6.49. The number of rotatable bonds is 7. The quantitative estimate of drug-likeness (QED) is 0.576. The van der Waals surface area contributed by atoms with E-state index in [0.717, 1.165) is 11.1 Å². The summed E-state index contributed by atoms with van der Waals surface area (Å²) in [6.07, 6.45) is 2.25. The summed E-state index contributed by atoms with van der Waals surface area (Å²) in [5.74, 6) is -0.987. The van der Waals surface area contributed by atoms with Crippen LogP contribution in [-0.4, -0.2) is 44.7 Å². The average Bonchev–Trinajstić information content (AvgIpc) is 2.44. The summed E-state index contributed by atoms with van der Waals surface area (Å²) < 4.78 is 0. The third-order valence-corrected chi connectivity index (χ3v) is 3.08. The largest absolute Gasteiger partial charge is 0.478 e. The molecule has 0 bridgehead atoms. The Morgan fingerprint density at radius 3 is 2.55 bits per heavy atom. The van der Waals surface area contributed by atoms with Gasteiger partial charge >= 0.3 is 5.97 Å². The van der Waals surface area contributed by atoms with Gasteiger partial charge in [-0.15, -0.1) is 0 Å². The number of aliphatic hydroxyl groups is 3. The molecule has 0 amide bonds. The van der Waals surface area contributed by atoms with Gasteiger partial charge in [-0.3, -0.25) is 0 Å². The van der Waals surface area contributed by atoms with Crippen LogP contribution in [0.3, 0.4) is 0 Å². The molecule has 3 unspecified atom stereocenters. The molecule has 0 saturated heterocycles. The minimum Gasteiger partial charge on any atom is -0.478 e. The fourth-order valence-corrected chi connectivity index (χ4v) is 1.93. The van der Waals surface area contributed by atoms with Gasteiger partial charge in [0, 0.05) is 6.42 Å². The third-order valence-electron chi connectivity index (χ3n) is 3.08. The predicted octanol–water partition coefficient (Wildman–Crippen LogP) is 1.84. The van der Waals surface area contributed by atoms with Crippen molar-refractivity contribution in [2.45, 2.75) is 38.6 Å². The van der Waals surface area contributed by atoms with E-state index in [1.165, 1.54) is 12.1 Å². The monoisotopic (exact) mass is 306 g/mol. The van der Waals surface area contributed by atoms with E-state index in [4.69, 9.17) is 5.11 Å². The maximum atomic E-state index is 10.9. The Morgan fingerprint density at radius 2 is 1.95 bits per heavy atom. The zero-order valence-corrected chi connectivity index (χ0v) is 12.7. The van der Waals surface area contributed by atoms with Gasteiger partial charge in [0.15, 0.2) is 0 Å². The second-order valence-corrected chi connectivity index (χ2v) is 5.32. The Bertz CT molecular complexity index is 560. The predicted molar refractivity (Wildman–Crippen MR) is 84.5 cm³/mol.